The molecule has 3 rings (SSSR count). The highest BCUT2D eigenvalue weighted by Crippen LogP contribution is 2.15. The molecule has 1 heterocycles. The van der Waals surface area contributed by atoms with Gasteiger partial charge in [-0.3, -0.25) is 14.6 Å². The molecule has 6 nitrogen and oxygen atoms in total. The summed E-state index contributed by atoms with van der Waals surface area (Å²) in [5, 5.41) is 15.4. The fourth-order valence-electron chi connectivity index (χ4n) is 3.65. The first-order valence-electron chi connectivity index (χ1n) is 10.8. The number of amides is 1. The predicted octanol–water partition coefficient (Wildman–Crippen LogP) is 2.36. The summed E-state index contributed by atoms with van der Waals surface area (Å²) in [6, 6.07) is 13.9. The number of carbonyl (C=O) groups excluding carboxylic acids is 1. The Hall–Kier alpha value is -1.99. The first-order valence-corrected chi connectivity index (χ1v) is 10.8. The summed E-state index contributed by atoms with van der Waals surface area (Å²) in [4.78, 5) is 17.1. The molecule has 164 valence electrons. The quantitative estimate of drug-likeness (QED) is 0.696. The topological polar surface area (TPSA) is 65.0 Å². The molecule has 0 spiro atoms. The minimum atomic E-state index is -0.461. The third kappa shape index (κ3) is 7.06. The molecule has 1 amide bonds. The summed E-state index contributed by atoms with van der Waals surface area (Å²) in [5.74, 6) is -0.0265. The van der Waals surface area contributed by atoms with Crippen LogP contribution in [0.4, 0.5) is 0 Å². The number of β-amino-alcohol motifs (C(OH)–C–C–N with tert-alkyl or cyclic N) is 1. The number of rotatable bonds is 8. The molecule has 2 aromatic rings. The Morgan fingerprint density at radius 1 is 1.07 bits per heavy atom. The second-order valence-electron chi connectivity index (χ2n) is 9.04. The van der Waals surface area contributed by atoms with Crippen molar-refractivity contribution in [3.63, 3.8) is 0 Å². The first-order chi connectivity index (χ1) is 14.3. The number of nitrogens with one attached hydrogen (secondary N) is 1. The van der Waals surface area contributed by atoms with Crippen molar-refractivity contribution in [2.75, 3.05) is 52.4 Å². The molecule has 0 aliphatic carbocycles. The van der Waals surface area contributed by atoms with E-state index in [1.165, 1.54) is 0 Å². The highest BCUT2D eigenvalue weighted by atomic mass is 16.5. The Balaban J connectivity index is 1.35. The number of hydrogen-bond donors (Lipinski definition) is 2. The number of fused-ring (bicyclic) bond motifs is 1. The smallest absolute Gasteiger partial charge is 0.251 e. The summed E-state index contributed by atoms with van der Waals surface area (Å²) >= 11 is 0. The normalized spacial score (nSPS) is 17.2. The molecule has 1 aliphatic rings. The van der Waals surface area contributed by atoms with Gasteiger partial charge >= 0.3 is 0 Å². The van der Waals surface area contributed by atoms with Crippen LogP contribution >= 0.6 is 0 Å². The second kappa shape index (κ2) is 10.4. The Labute approximate surface area is 179 Å². The number of ether oxygens (including phenoxy) is 1. The summed E-state index contributed by atoms with van der Waals surface area (Å²) in [6.45, 7) is 12.2. The van der Waals surface area contributed by atoms with Gasteiger partial charge in [0.1, 0.15) is 0 Å². The van der Waals surface area contributed by atoms with Crippen LogP contribution in [0.25, 0.3) is 10.8 Å². The molecule has 1 fully saturated rings. The van der Waals surface area contributed by atoms with Crippen LogP contribution in [0.5, 0.6) is 0 Å². The molecule has 2 N–H and O–H groups in total. The van der Waals surface area contributed by atoms with Crippen molar-refractivity contribution < 1.29 is 14.6 Å². The lowest BCUT2D eigenvalue weighted by Gasteiger charge is -2.35. The highest BCUT2D eigenvalue weighted by Gasteiger charge is 2.20. The lowest BCUT2D eigenvalue weighted by molar-refractivity contribution is -0.0585. The van der Waals surface area contributed by atoms with Crippen LogP contribution in [-0.2, 0) is 4.74 Å². The van der Waals surface area contributed by atoms with Gasteiger partial charge in [-0.1, -0.05) is 30.3 Å². The largest absolute Gasteiger partial charge is 0.389 e. The standard InChI is InChI=1S/C24H35N3O3/c1-24(2,3)30-18-22(28)17-27-14-12-26(13-15-27)11-10-25-23(29)21-9-8-19-6-4-5-7-20(19)16-21/h4-9,16,22,28H,10-15,17-18H2,1-3H3,(H,25,29)/t22-/m1/s1. The molecule has 0 unspecified atom stereocenters. The van der Waals surface area contributed by atoms with Gasteiger partial charge in [0.25, 0.3) is 5.91 Å². The highest BCUT2D eigenvalue weighted by molar-refractivity contribution is 5.98. The van der Waals surface area contributed by atoms with E-state index >= 15 is 0 Å². The molecule has 1 aliphatic heterocycles. The number of aliphatic hydroxyl groups is 1. The van der Waals surface area contributed by atoms with Crippen LogP contribution in [0.3, 0.4) is 0 Å². The maximum atomic E-state index is 12.5. The average Bonchev–Trinajstić information content (AvgIpc) is 2.72. The zero-order chi connectivity index (χ0) is 21.6. The van der Waals surface area contributed by atoms with Gasteiger partial charge in [0.2, 0.25) is 0 Å². The van der Waals surface area contributed by atoms with Gasteiger partial charge in [-0.25, -0.2) is 0 Å². The number of nitrogens with zero attached hydrogens (tertiary/aromatic N) is 2. The third-order valence-corrected chi connectivity index (χ3v) is 5.37. The fourth-order valence-corrected chi connectivity index (χ4v) is 3.65. The molecular weight excluding hydrogens is 378 g/mol. The van der Waals surface area contributed by atoms with Crippen molar-refractivity contribution in [1.82, 2.24) is 15.1 Å². The van der Waals surface area contributed by atoms with E-state index in [4.69, 9.17) is 4.74 Å². The van der Waals surface area contributed by atoms with Crippen LogP contribution in [-0.4, -0.2) is 84.9 Å². The number of aliphatic hydroxyl groups excluding tert-OH is 1. The summed E-state index contributed by atoms with van der Waals surface area (Å²) in [6.07, 6.45) is -0.461. The monoisotopic (exact) mass is 413 g/mol. The average molecular weight is 414 g/mol. The van der Waals surface area contributed by atoms with Crippen LogP contribution in [0, 0.1) is 0 Å². The summed E-state index contributed by atoms with van der Waals surface area (Å²) < 4.78 is 5.66. The molecule has 6 heteroatoms. The van der Waals surface area contributed by atoms with E-state index in [0.717, 1.165) is 43.5 Å². The molecule has 1 atom stereocenters. The van der Waals surface area contributed by atoms with Gasteiger partial charge in [-0.15, -0.1) is 0 Å². The zero-order valence-corrected chi connectivity index (χ0v) is 18.4. The van der Waals surface area contributed by atoms with Gasteiger partial charge in [-0.2, -0.15) is 0 Å². The number of hydrogen-bond acceptors (Lipinski definition) is 5. The van der Waals surface area contributed by atoms with Crippen molar-refractivity contribution in [2.24, 2.45) is 0 Å². The van der Waals surface area contributed by atoms with Gasteiger partial charge in [0, 0.05) is 51.4 Å². The Morgan fingerprint density at radius 2 is 1.73 bits per heavy atom. The Morgan fingerprint density at radius 3 is 2.43 bits per heavy atom. The summed E-state index contributed by atoms with van der Waals surface area (Å²) in [5.41, 5.74) is 0.474. The van der Waals surface area contributed by atoms with Gasteiger partial charge in [0.15, 0.2) is 0 Å². The summed E-state index contributed by atoms with van der Waals surface area (Å²) in [7, 11) is 0. The molecule has 2 aromatic carbocycles. The van der Waals surface area contributed by atoms with Gasteiger partial charge < -0.3 is 15.2 Å². The third-order valence-electron chi connectivity index (χ3n) is 5.37. The van der Waals surface area contributed by atoms with Crippen molar-refractivity contribution in [3.8, 4) is 0 Å². The van der Waals surface area contributed by atoms with E-state index in [2.05, 4.69) is 15.1 Å². The van der Waals surface area contributed by atoms with Crippen LogP contribution in [0.2, 0.25) is 0 Å². The van der Waals surface area contributed by atoms with E-state index in [0.29, 0.717) is 25.3 Å². The minimum absolute atomic E-state index is 0.0265. The number of carbonyl (C=O) groups is 1. The molecule has 0 bridgehead atoms. The fraction of sp³-hybridized carbons (Fsp3) is 0.542. The Kier molecular flexibility index (Phi) is 7.83. The van der Waals surface area contributed by atoms with Crippen LogP contribution in [0.15, 0.2) is 42.5 Å². The van der Waals surface area contributed by atoms with Gasteiger partial charge in [0.05, 0.1) is 18.3 Å². The van der Waals surface area contributed by atoms with E-state index in [9.17, 15) is 9.90 Å². The van der Waals surface area contributed by atoms with Crippen LogP contribution in [0.1, 0.15) is 31.1 Å². The zero-order valence-electron chi connectivity index (χ0n) is 18.4. The van der Waals surface area contributed by atoms with Crippen molar-refractivity contribution in [2.45, 2.75) is 32.5 Å². The minimum Gasteiger partial charge on any atom is -0.389 e. The lowest BCUT2D eigenvalue weighted by Crippen LogP contribution is -2.50. The molecule has 0 aromatic heterocycles. The molecule has 0 saturated carbocycles. The van der Waals surface area contributed by atoms with E-state index in [-0.39, 0.29) is 11.5 Å². The first kappa shape index (κ1) is 22.7. The molecular formula is C24H35N3O3. The molecule has 30 heavy (non-hydrogen) atoms. The Bertz CT molecular complexity index is 826. The van der Waals surface area contributed by atoms with Crippen molar-refractivity contribution in [3.05, 3.63) is 48.0 Å². The maximum absolute atomic E-state index is 12.5. The van der Waals surface area contributed by atoms with E-state index in [1.807, 2.05) is 63.2 Å². The van der Waals surface area contributed by atoms with Crippen molar-refractivity contribution >= 4 is 16.7 Å². The van der Waals surface area contributed by atoms with E-state index < -0.39 is 6.10 Å². The number of piperazine rings is 1. The van der Waals surface area contributed by atoms with Crippen molar-refractivity contribution in [1.29, 1.82) is 0 Å². The number of benzene rings is 2. The van der Waals surface area contributed by atoms with Gasteiger partial charge in [-0.05, 0) is 43.7 Å². The lowest BCUT2D eigenvalue weighted by atomic mass is 10.1. The SMILES string of the molecule is CC(C)(C)OC[C@H](O)CN1CCN(CCNC(=O)c2ccc3ccccc3c2)CC1. The molecule has 0 radical (unpaired) electrons. The molecule has 1 saturated heterocycles. The van der Waals surface area contributed by atoms with Crippen LogP contribution < -0.4 is 5.32 Å². The van der Waals surface area contributed by atoms with E-state index in [1.54, 1.807) is 0 Å². The predicted molar refractivity (Wildman–Crippen MR) is 121 cm³/mol. The maximum Gasteiger partial charge on any atom is 0.251 e. The second-order valence-corrected chi connectivity index (χ2v) is 9.04.